The molecule has 0 radical (unpaired) electrons. The quantitative estimate of drug-likeness (QED) is 0.795. The molecule has 1 saturated carbocycles. The molecule has 0 aromatic heterocycles. The minimum atomic E-state index is 0.428. The zero-order valence-electron chi connectivity index (χ0n) is 10.8. The van der Waals surface area contributed by atoms with Crippen LogP contribution in [0.4, 0.5) is 5.69 Å². The monoisotopic (exact) mass is 282 g/mol. The van der Waals surface area contributed by atoms with Crippen LogP contribution in [0.15, 0.2) is 24.3 Å². The van der Waals surface area contributed by atoms with E-state index < -0.39 is 0 Å². The van der Waals surface area contributed by atoms with Gasteiger partial charge in [0, 0.05) is 6.04 Å². The van der Waals surface area contributed by atoms with Crippen LogP contribution in [0.25, 0.3) is 0 Å². The topological polar surface area (TPSA) is 24.1 Å². The molecule has 0 bridgehead atoms. The largest absolute Gasteiger partial charge is 0.360 e. The number of halogens is 1. The third kappa shape index (κ3) is 3.59. The number of rotatable bonds is 2. The van der Waals surface area contributed by atoms with Gasteiger partial charge in [-0.05, 0) is 49.0 Å². The molecule has 0 saturated heterocycles. The molecule has 2 rings (SSSR count). The first-order chi connectivity index (χ1) is 8.46. The Kier molecular flexibility index (Phi) is 4.13. The molecule has 0 heterocycles. The molecule has 4 heteroatoms. The summed E-state index contributed by atoms with van der Waals surface area (Å²) in [4.78, 5) is 0. The first-order valence-corrected chi connectivity index (χ1v) is 7.07. The summed E-state index contributed by atoms with van der Waals surface area (Å²) in [6.07, 6.45) is 3.59. The van der Waals surface area contributed by atoms with E-state index in [1.165, 1.54) is 12.8 Å². The van der Waals surface area contributed by atoms with Gasteiger partial charge in [0.1, 0.15) is 0 Å². The molecule has 0 spiro atoms. The van der Waals surface area contributed by atoms with E-state index in [0.717, 1.165) is 12.1 Å². The van der Waals surface area contributed by atoms with E-state index in [2.05, 4.69) is 24.5 Å². The van der Waals surface area contributed by atoms with Crippen molar-refractivity contribution in [2.24, 2.45) is 5.41 Å². The predicted octanol–water partition coefficient (Wildman–Crippen LogP) is 4.21. The van der Waals surface area contributed by atoms with Crippen molar-refractivity contribution >= 4 is 34.6 Å². The lowest BCUT2D eigenvalue weighted by atomic mass is 9.92. The minimum absolute atomic E-state index is 0.428. The lowest BCUT2D eigenvalue weighted by molar-refractivity contribution is 0.372. The standard InChI is InChI=1S/C14H19ClN2S/c1-14(2)8-7-10(9-14)16-13(18)17-12-6-4-3-5-11(12)15/h3-6,10H,7-9H2,1-2H3,(H2,16,17,18). The highest BCUT2D eigenvalue weighted by Crippen LogP contribution is 2.36. The van der Waals surface area contributed by atoms with E-state index in [4.69, 9.17) is 23.8 Å². The van der Waals surface area contributed by atoms with Gasteiger partial charge in [-0.1, -0.05) is 37.6 Å². The molecule has 2 nitrogen and oxygen atoms in total. The number of anilines is 1. The third-order valence-electron chi connectivity index (χ3n) is 3.43. The van der Waals surface area contributed by atoms with Crippen LogP contribution >= 0.6 is 23.8 Å². The van der Waals surface area contributed by atoms with Gasteiger partial charge in [-0.2, -0.15) is 0 Å². The molecule has 1 atom stereocenters. The Morgan fingerprint density at radius 3 is 2.72 bits per heavy atom. The Morgan fingerprint density at radius 2 is 2.11 bits per heavy atom. The highest BCUT2D eigenvalue weighted by Gasteiger charge is 2.31. The van der Waals surface area contributed by atoms with Crippen molar-refractivity contribution in [3.8, 4) is 0 Å². The van der Waals surface area contributed by atoms with Crippen molar-refractivity contribution in [2.75, 3.05) is 5.32 Å². The summed E-state index contributed by atoms with van der Waals surface area (Å²) in [6.45, 7) is 4.61. The van der Waals surface area contributed by atoms with Crippen molar-refractivity contribution in [1.82, 2.24) is 5.32 Å². The first-order valence-electron chi connectivity index (χ1n) is 6.28. The molecule has 1 aromatic carbocycles. The minimum Gasteiger partial charge on any atom is -0.360 e. The van der Waals surface area contributed by atoms with E-state index >= 15 is 0 Å². The second-order valence-corrected chi connectivity index (χ2v) is 6.50. The van der Waals surface area contributed by atoms with Gasteiger partial charge in [-0.25, -0.2) is 0 Å². The number of benzene rings is 1. The molecular weight excluding hydrogens is 264 g/mol. The number of hydrogen-bond acceptors (Lipinski definition) is 1. The highest BCUT2D eigenvalue weighted by molar-refractivity contribution is 7.80. The maximum Gasteiger partial charge on any atom is 0.171 e. The molecule has 0 aliphatic heterocycles. The fourth-order valence-electron chi connectivity index (χ4n) is 2.47. The van der Waals surface area contributed by atoms with E-state index in [9.17, 15) is 0 Å². The van der Waals surface area contributed by atoms with Gasteiger partial charge in [0.25, 0.3) is 0 Å². The fraction of sp³-hybridized carbons (Fsp3) is 0.500. The molecule has 1 aromatic rings. The van der Waals surface area contributed by atoms with E-state index in [0.29, 0.717) is 21.6 Å². The average molecular weight is 283 g/mol. The summed E-state index contributed by atoms with van der Waals surface area (Å²) in [5.74, 6) is 0. The van der Waals surface area contributed by atoms with Crippen LogP contribution < -0.4 is 10.6 Å². The number of thiocarbonyl (C=S) groups is 1. The number of nitrogens with one attached hydrogen (secondary N) is 2. The third-order valence-corrected chi connectivity index (χ3v) is 3.98. The molecule has 0 amide bonds. The zero-order chi connectivity index (χ0) is 13.2. The number of para-hydroxylation sites is 1. The Labute approximate surface area is 119 Å². The summed E-state index contributed by atoms with van der Waals surface area (Å²) >= 11 is 11.4. The van der Waals surface area contributed by atoms with Gasteiger partial charge in [-0.3, -0.25) is 0 Å². The van der Waals surface area contributed by atoms with Crippen molar-refractivity contribution in [3.63, 3.8) is 0 Å². The van der Waals surface area contributed by atoms with Gasteiger partial charge in [0.2, 0.25) is 0 Å². The normalized spacial score (nSPS) is 21.6. The van der Waals surface area contributed by atoms with Crippen molar-refractivity contribution in [1.29, 1.82) is 0 Å². The Bertz CT molecular complexity index is 445. The van der Waals surface area contributed by atoms with Crippen molar-refractivity contribution in [3.05, 3.63) is 29.3 Å². The molecular formula is C14H19ClN2S. The van der Waals surface area contributed by atoms with Crippen LogP contribution in [0.1, 0.15) is 33.1 Å². The van der Waals surface area contributed by atoms with Gasteiger partial charge < -0.3 is 10.6 Å². The second kappa shape index (κ2) is 5.45. The summed E-state index contributed by atoms with van der Waals surface area (Å²) < 4.78 is 0. The second-order valence-electron chi connectivity index (χ2n) is 5.68. The lowest BCUT2D eigenvalue weighted by Crippen LogP contribution is -2.36. The molecule has 2 N–H and O–H groups in total. The molecule has 1 fully saturated rings. The Hall–Kier alpha value is -0.800. The van der Waals surface area contributed by atoms with Gasteiger partial charge in [0.05, 0.1) is 10.7 Å². The zero-order valence-corrected chi connectivity index (χ0v) is 12.4. The molecule has 1 unspecified atom stereocenters. The van der Waals surface area contributed by atoms with Gasteiger partial charge in [0.15, 0.2) is 5.11 Å². The maximum atomic E-state index is 6.08. The summed E-state index contributed by atoms with van der Waals surface area (Å²) in [5, 5.41) is 7.87. The summed E-state index contributed by atoms with van der Waals surface area (Å²) in [6, 6.07) is 8.10. The van der Waals surface area contributed by atoms with Crippen molar-refractivity contribution in [2.45, 2.75) is 39.2 Å². The smallest absolute Gasteiger partial charge is 0.171 e. The van der Waals surface area contributed by atoms with Crippen LogP contribution in [0.2, 0.25) is 5.02 Å². The van der Waals surface area contributed by atoms with Crippen LogP contribution in [0.3, 0.4) is 0 Å². The van der Waals surface area contributed by atoms with E-state index in [1.807, 2.05) is 24.3 Å². The van der Waals surface area contributed by atoms with Crippen LogP contribution in [-0.2, 0) is 0 Å². The maximum absolute atomic E-state index is 6.08. The summed E-state index contributed by atoms with van der Waals surface area (Å²) in [5.41, 5.74) is 1.28. The van der Waals surface area contributed by atoms with E-state index in [1.54, 1.807) is 0 Å². The molecule has 1 aliphatic rings. The van der Waals surface area contributed by atoms with Crippen molar-refractivity contribution < 1.29 is 0 Å². The SMILES string of the molecule is CC1(C)CCC(NC(=S)Nc2ccccc2Cl)C1. The fourth-order valence-corrected chi connectivity index (χ4v) is 2.93. The average Bonchev–Trinajstić information content (AvgIpc) is 2.61. The van der Waals surface area contributed by atoms with E-state index in [-0.39, 0.29) is 0 Å². The van der Waals surface area contributed by atoms with Gasteiger partial charge >= 0.3 is 0 Å². The van der Waals surface area contributed by atoms with Gasteiger partial charge in [-0.15, -0.1) is 0 Å². The van der Waals surface area contributed by atoms with Crippen LogP contribution in [0, 0.1) is 5.41 Å². The molecule has 1 aliphatic carbocycles. The van der Waals surface area contributed by atoms with Crippen LogP contribution in [-0.4, -0.2) is 11.2 Å². The Balaban J connectivity index is 1.88. The lowest BCUT2D eigenvalue weighted by Gasteiger charge is -2.19. The summed E-state index contributed by atoms with van der Waals surface area (Å²) in [7, 11) is 0. The first kappa shape index (κ1) is 13.6. The molecule has 18 heavy (non-hydrogen) atoms. The predicted molar refractivity (Wildman–Crippen MR) is 82.2 cm³/mol. The Morgan fingerprint density at radius 1 is 1.39 bits per heavy atom. The molecule has 98 valence electrons. The number of hydrogen-bond donors (Lipinski definition) is 2. The highest BCUT2D eigenvalue weighted by atomic mass is 35.5. The van der Waals surface area contributed by atoms with Crippen LogP contribution in [0.5, 0.6) is 0 Å².